The normalized spacial score (nSPS) is 49.7. The fourth-order valence-electron chi connectivity index (χ4n) is 4.48. The Morgan fingerprint density at radius 2 is 1.24 bits per heavy atom. The Balaban J connectivity index is 1.70. The molecule has 21 heavy (non-hydrogen) atoms. The fourth-order valence-corrected chi connectivity index (χ4v) is 4.48. The van der Waals surface area contributed by atoms with Crippen LogP contribution in [-0.4, -0.2) is 50.0 Å². The van der Waals surface area contributed by atoms with Gasteiger partial charge in [0, 0.05) is 13.2 Å². The van der Waals surface area contributed by atoms with Gasteiger partial charge in [0.15, 0.2) is 12.3 Å². The molecule has 0 spiro atoms. The Hall–Kier alpha value is -0.260. The minimum Gasteiger partial charge on any atom is -0.375 e. The second-order valence-electron chi connectivity index (χ2n) is 6.42. The molecule has 122 valence electrons. The summed E-state index contributed by atoms with van der Waals surface area (Å²) in [7, 11) is 0. The van der Waals surface area contributed by atoms with Crippen molar-refractivity contribution in [1.29, 1.82) is 0 Å². The summed E-state index contributed by atoms with van der Waals surface area (Å²) in [6.45, 7) is 4.76. The first-order valence-electron chi connectivity index (χ1n) is 8.34. The van der Waals surface area contributed by atoms with Crippen LogP contribution in [0.3, 0.4) is 0 Å². The van der Waals surface area contributed by atoms with Gasteiger partial charge in [-0.25, -0.2) is 8.78 Å². The van der Waals surface area contributed by atoms with Gasteiger partial charge in [-0.15, -0.1) is 0 Å². The second-order valence-corrected chi connectivity index (χ2v) is 6.42. The Morgan fingerprint density at radius 3 is 1.62 bits per heavy atom. The van der Waals surface area contributed by atoms with Crippen LogP contribution in [0.1, 0.15) is 39.5 Å². The summed E-state index contributed by atoms with van der Waals surface area (Å²) < 4.78 is 46.0. The van der Waals surface area contributed by atoms with E-state index in [-0.39, 0.29) is 11.8 Å². The molecule has 0 radical (unpaired) electrons. The predicted molar refractivity (Wildman–Crippen MR) is 74.7 cm³/mol. The van der Waals surface area contributed by atoms with Gasteiger partial charge in [0.1, 0.15) is 0 Å². The van der Waals surface area contributed by atoms with Crippen molar-refractivity contribution in [3.8, 4) is 0 Å². The quantitative estimate of drug-likeness (QED) is 0.799. The van der Waals surface area contributed by atoms with E-state index in [0.717, 1.165) is 12.8 Å². The lowest BCUT2D eigenvalue weighted by Gasteiger charge is -2.37. The molecule has 5 heteroatoms. The molecule has 2 saturated carbocycles. The van der Waals surface area contributed by atoms with Crippen LogP contribution in [0.4, 0.5) is 8.78 Å². The van der Waals surface area contributed by atoms with E-state index in [0.29, 0.717) is 26.1 Å². The third-order valence-electron chi connectivity index (χ3n) is 5.38. The zero-order valence-electron chi connectivity index (χ0n) is 12.8. The minimum atomic E-state index is -1.13. The molecule has 8 unspecified atom stereocenters. The van der Waals surface area contributed by atoms with Crippen LogP contribution >= 0.6 is 0 Å². The van der Waals surface area contributed by atoms with Crippen molar-refractivity contribution >= 4 is 0 Å². The van der Waals surface area contributed by atoms with E-state index in [9.17, 15) is 8.78 Å². The molecule has 0 aromatic rings. The van der Waals surface area contributed by atoms with Gasteiger partial charge in [-0.05, 0) is 51.4 Å². The average Bonchev–Trinajstić information content (AvgIpc) is 2.86. The van der Waals surface area contributed by atoms with E-state index in [4.69, 9.17) is 14.2 Å². The van der Waals surface area contributed by atoms with Crippen molar-refractivity contribution < 1.29 is 23.0 Å². The Labute approximate surface area is 125 Å². The maximum atomic E-state index is 14.6. The van der Waals surface area contributed by atoms with E-state index in [2.05, 4.69) is 0 Å². The van der Waals surface area contributed by atoms with Gasteiger partial charge in [-0.3, -0.25) is 0 Å². The molecule has 8 atom stereocenters. The van der Waals surface area contributed by atoms with Crippen LogP contribution in [0.2, 0.25) is 0 Å². The number of alkyl halides is 2. The van der Waals surface area contributed by atoms with Crippen molar-refractivity contribution in [2.75, 3.05) is 13.2 Å². The summed E-state index contributed by atoms with van der Waals surface area (Å²) in [6, 6.07) is 0. The van der Waals surface area contributed by atoms with Crippen LogP contribution in [-0.2, 0) is 14.2 Å². The zero-order valence-corrected chi connectivity index (χ0v) is 12.8. The monoisotopic (exact) mass is 304 g/mol. The van der Waals surface area contributed by atoms with Gasteiger partial charge in [0.2, 0.25) is 0 Å². The molecule has 0 bridgehead atoms. The highest BCUT2D eigenvalue weighted by Gasteiger charge is 2.57. The third kappa shape index (κ3) is 2.73. The van der Waals surface area contributed by atoms with Gasteiger partial charge in [0.05, 0.1) is 24.4 Å². The second kappa shape index (κ2) is 6.47. The number of hydrogen-bond acceptors (Lipinski definition) is 3. The number of halogens is 2. The number of fused-ring (bicyclic) bond motifs is 3. The van der Waals surface area contributed by atoms with Gasteiger partial charge in [-0.2, -0.15) is 0 Å². The van der Waals surface area contributed by atoms with Crippen molar-refractivity contribution in [2.45, 2.75) is 76.3 Å². The molecule has 0 aromatic heterocycles. The lowest BCUT2D eigenvalue weighted by atomic mass is 9.71. The summed E-state index contributed by atoms with van der Waals surface area (Å²) in [4.78, 5) is 0. The van der Waals surface area contributed by atoms with Gasteiger partial charge >= 0.3 is 0 Å². The molecule has 1 saturated heterocycles. The van der Waals surface area contributed by atoms with Crippen molar-refractivity contribution in [2.24, 2.45) is 11.8 Å². The Morgan fingerprint density at radius 1 is 0.810 bits per heavy atom. The molecule has 2 aliphatic carbocycles. The topological polar surface area (TPSA) is 27.7 Å². The summed E-state index contributed by atoms with van der Waals surface area (Å²) >= 11 is 0. The Kier molecular flexibility index (Phi) is 4.81. The van der Waals surface area contributed by atoms with E-state index in [1.807, 2.05) is 13.8 Å². The maximum Gasteiger partial charge on any atom is 0.152 e. The summed E-state index contributed by atoms with van der Waals surface area (Å²) in [5, 5.41) is 0. The first-order chi connectivity index (χ1) is 10.2. The number of hydrogen-bond donors (Lipinski definition) is 0. The molecule has 0 amide bonds. The first-order valence-corrected chi connectivity index (χ1v) is 8.34. The molecule has 3 nitrogen and oxygen atoms in total. The van der Waals surface area contributed by atoms with E-state index in [1.165, 1.54) is 0 Å². The average molecular weight is 304 g/mol. The highest BCUT2D eigenvalue weighted by atomic mass is 19.1. The summed E-state index contributed by atoms with van der Waals surface area (Å²) in [5.41, 5.74) is 0. The van der Waals surface area contributed by atoms with E-state index >= 15 is 0 Å². The highest BCUT2D eigenvalue weighted by molar-refractivity contribution is 5.04. The molecule has 0 aromatic carbocycles. The Bertz CT molecular complexity index is 322. The maximum absolute atomic E-state index is 14.6. The summed E-state index contributed by atoms with van der Waals surface area (Å²) in [5.74, 6) is 0.282. The van der Waals surface area contributed by atoms with Crippen LogP contribution in [0.5, 0.6) is 0 Å². The smallest absolute Gasteiger partial charge is 0.152 e. The van der Waals surface area contributed by atoms with E-state index in [1.54, 1.807) is 0 Å². The molecule has 1 heterocycles. The molecule has 1 aliphatic heterocycles. The highest BCUT2D eigenvalue weighted by Crippen LogP contribution is 2.49. The van der Waals surface area contributed by atoms with Crippen LogP contribution < -0.4 is 0 Å². The van der Waals surface area contributed by atoms with Crippen molar-refractivity contribution in [3.63, 3.8) is 0 Å². The fraction of sp³-hybridized carbons (Fsp3) is 1.00. The molecular weight excluding hydrogens is 278 g/mol. The van der Waals surface area contributed by atoms with Crippen molar-refractivity contribution in [1.82, 2.24) is 0 Å². The molecule has 3 aliphatic rings. The molecular formula is C16H26F2O3. The third-order valence-corrected chi connectivity index (χ3v) is 5.38. The lowest BCUT2D eigenvalue weighted by Crippen LogP contribution is -2.45. The zero-order chi connectivity index (χ0) is 15.0. The number of ether oxygens (including phenoxy) is 3. The molecule has 3 rings (SSSR count). The van der Waals surface area contributed by atoms with Gasteiger partial charge in [0.25, 0.3) is 0 Å². The summed E-state index contributed by atoms with van der Waals surface area (Å²) in [6.07, 6.45) is -0.851. The van der Waals surface area contributed by atoms with Gasteiger partial charge < -0.3 is 14.2 Å². The predicted octanol–water partition coefficient (Wildman–Crippen LogP) is 3.06. The SMILES string of the molecule is CCOC1CCC2C3CCC(OCC)C(F)C3OC2C1F. The van der Waals surface area contributed by atoms with Crippen molar-refractivity contribution in [3.05, 3.63) is 0 Å². The van der Waals surface area contributed by atoms with E-state index < -0.39 is 36.8 Å². The largest absolute Gasteiger partial charge is 0.375 e. The van der Waals surface area contributed by atoms with Gasteiger partial charge in [-0.1, -0.05) is 0 Å². The van der Waals surface area contributed by atoms with Crippen LogP contribution in [0, 0.1) is 11.8 Å². The lowest BCUT2D eigenvalue weighted by molar-refractivity contribution is -0.131. The first kappa shape index (κ1) is 15.6. The van der Waals surface area contributed by atoms with Crippen LogP contribution in [0.15, 0.2) is 0 Å². The molecule has 3 fully saturated rings. The minimum absolute atomic E-state index is 0.141. The number of rotatable bonds is 4. The standard InChI is InChI=1S/C16H26F2O3/c1-3-19-11-7-5-9-10-6-8-12(20-4-2)14(18)16(10)21-15(9)13(11)17/h9-16H,3-8H2,1-2H3. The molecule has 0 N–H and O–H groups in total. The van der Waals surface area contributed by atoms with Crippen LogP contribution in [0.25, 0.3) is 0 Å².